The number of aliphatic hydroxyl groups is 1. The average Bonchev–Trinajstić information content (AvgIpc) is 1.87. The van der Waals surface area contributed by atoms with Gasteiger partial charge in [0.2, 0.25) is 0 Å². The van der Waals surface area contributed by atoms with Crippen molar-refractivity contribution >= 4 is 0 Å². The van der Waals surface area contributed by atoms with Crippen molar-refractivity contribution in [2.75, 3.05) is 6.54 Å². The molecule has 0 bridgehead atoms. The third-order valence-corrected chi connectivity index (χ3v) is 2.65. The molecule has 0 aromatic rings. The molecule has 1 fully saturated rings. The minimum atomic E-state index is -0.479. The molecule has 1 saturated carbocycles. The first-order valence-corrected chi connectivity index (χ1v) is 4.09. The fraction of sp³-hybridized carbons (Fsp3) is 1.00. The number of nitrogens with two attached hydrogens (primary N) is 1. The van der Waals surface area contributed by atoms with Crippen molar-refractivity contribution in [3.05, 3.63) is 0 Å². The van der Waals surface area contributed by atoms with E-state index in [1.807, 2.05) is 6.92 Å². The van der Waals surface area contributed by atoms with E-state index < -0.39 is 5.60 Å². The first-order chi connectivity index (χ1) is 4.67. The zero-order valence-corrected chi connectivity index (χ0v) is 6.64. The van der Waals surface area contributed by atoms with E-state index in [-0.39, 0.29) is 0 Å². The third kappa shape index (κ3) is 1.50. The molecule has 0 saturated heterocycles. The first kappa shape index (κ1) is 8.02. The number of hydrogen-bond acceptors (Lipinski definition) is 2. The Labute approximate surface area is 62.4 Å². The molecule has 1 rings (SSSR count). The van der Waals surface area contributed by atoms with Gasteiger partial charge >= 0.3 is 0 Å². The Kier molecular flexibility index (Phi) is 2.32. The Morgan fingerprint density at radius 2 is 2.30 bits per heavy atom. The molecule has 60 valence electrons. The zero-order valence-electron chi connectivity index (χ0n) is 6.64. The summed E-state index contributed by atoms with van der Waals surface area (Å²) < 4.78 is 0. The third-order valence-electron chi connectivity index (χ3n) is 2.65. The van der Waals surface area contributed by atoms with Crippen LogP contribution < -0.4 is 5.73 Å². The Morgan fingerprint density at radius 1 is 1.60 bits per heavy atom. The van der Waals surface area contributed by atoms with Crippen LogP contribution in [0.15, 0.2) is 0 Å². The lowest BCUT2D eigenvalue weighted by Gasteiger charge is -2.36. The van der Waals surface area contributed by atoms with Crippen LogP contribution in [0.5, 0.6) is 0 Å². The van der Waals surface area contributed by atoms with Crippen LogP contribution in [0.25, 0.3) is 0 Å². The molecule has 0 amide bonds. The summed E-state index contributed by atoms with van der Waals surface area (Å²) in [5.74, 6) is 0.334. The van der Waals surface area contributed by atoms with Crippen LogP contribution in [0, 0.1) is 5.92 Å². The molecule has 0 heterocycles. The highest BCUT2D eigenvalue weighted by Gasteiger charge is 2.32. The van der Waals surface area contributed by atoms with E-state index in [9.17, 15) is 5.11 Å². The summed E-state index contributed by atoms with van der Waals surface area (Å²) in [6.45, 7) is 2.54. The fourth-order valence-corrected chi connectivity index (χ4v) is 1.76. The lowest BCUT2D eigenvalue weighted by atomic mass is 9.77. The molecule has 10 heavy (non-hydrogen) atoms. The lowest BCUT2D eigenvalue weighted by Crippen LogP contribution is -2.41. The molecule has 0 spiro atoms. The quantitative estimate of drug-likeness (QED) is 0.572. The maximum absolute atomic E-state index is 9.75. The van der Waals surface area contributed by atoms with E-state index in [4.69, 9.17) is 5.73 Å². The minimum Gasteiger partial charge on any atom is -0.390 e. The topological polar surface area (TPSA) is 46.2 Å². The van der Waals surface area contributed by atoms with Crippen LogP contribution in [0.3, 0.4) is 0 Å². The van der Waals surface area contributed by atoms with E-state index >= 15 is 0 Å². The second-order valence-electron chi connectivity index (χ2n) is 3.54. The fourth-order valence-electron chi connectivity index (χ4n) is 1.76. The van der Waals surface area contributed by atoms with Crippen molar-refractivity contribution in [2.45, 2.75) is 38.2 Å². The van der Waals surface area contributed by atoms with Crippen molar-refractivity contribution in [2.24, 2.45) is 11.7 Å². The molecule has 1 aliphatic carbocycles. The highest BCUT2D eigenvalue weighted by molar-refractivity contribution is 4.86. The molecule has 0 unspecified atom stereocenters. The van der Waals surface area contributed by atoms with Crippen molar-refractivity contribution in [1.29, 1.82) is 0 Å². The molecule has 2 atom stereocenters. The summed E-state index contributed by atoms with van der Waals surface area (Å²) in [6.07, 6.45) is 4.42. The normalized spacial score (nSPS) is 41.7. The van der Waals surface area contributed by atoms with Gasteiger partial charge in [-0.25, -0.2) is 0 Å². The zero-order chi connectivity index (χ0) is 7.61. The van der Waals surface area contributed by atoms with Gasteiger partial charge in [-0.3, -0.25) is 0 Å². The molecular formula is C8H17NO. The summed E-state index contributed by atoms with van der Waals surface area (Å²) >= 11 is 0. The van der Waals surface area contributed by atoms with E-state index in [0.717, 1.165) is 19.3 Å². The Bertz CT molecular complexity index is 112. The number of rotatable bonds is 1. The maximum atomic E-state index is 9.75. The second-order valence-corrected chi connectivity index (χ2v) is 3.54. The average molecular weight is 143 g/mol. The van der Waals surface area contributed by atoms with Gasteiger partial charge in [-0.1, -0.05) is 12.8 Å². The van der Waals surface area contributed by atoms with Gasteiger partial charge in [0, 0.05) is 0 Å². The van der Waals surface area contributed by atoms with E-state index in [0.29, 0.717) is 12.5 Å². The molecule has 3 N–H and O–H groups in total. The van der Waals surface area contributed by atoms with Crippen molar-refractivity contribution in [3.63, 3.8) is 0 Å². The highest BCUT2D eigenvalue weighted by atomic mass is 16.3. The van der Waals surface area contributed by atoms with Gasteiger partial charge in [-0.2, -0.15) is 0 Å². The molecule has 0 aliphatic heterocycles. The number of hydrogen-bond donors (Lipinski definition) is 2. The monoisotopic (exact) mass is 143 g/mol. The van der Waals surface area contributed by atoms with Crippen LogP contribution in [0.1, 0.15) is 32.6 Å². The van der Waals surface area contributed by atoms with Crippen LogP contribution in [-0.4, -0.2) is 17.3 Å². The summed E-state index contributed by atoms with van der Waals surface area (Å²) in [5, 5.41) is 9.75. The van der Waals surface area contributed by atoms with Gasteiger partial charge in [0.05, 0.1) is 5.60 Å². The molecule has 0 aromatic carbocycles. The van der Waals surface area contributed by atoms with E-state index in [2.05, 4.69) is 0 Å². The van der Waals surface area contributed by atoms with Gasteiger partial charge < -0.3 is 10.8 Å². The Morgan fingerprint density at radius 3 is 2.70 bits per heavy atom. The SMILES string of the molecule is C[C@@]1(O)CCCC[C@@H]1CN. The summed E-state index contributed by atoms with van der Waals surface area (Å²) in [6, 6.07) is 0. The van der Waals surface area contributed by atoms with Gasteiger partial charge in [0.1, 0.15) is 0 Å². The van der Waals surface area contributed by atoms with Gasteiger partial charge in [0.25, 0.3) is 0 Å². The molecule has 2 heteroatoms. The molecule has 0 radical (unpaired) electrons. The van der Waals surface area contributed by atoms with E-state index in [1.165, 1.54) is 6.42 Å². The minimum absolute atomic E-state index is 0.334. The predicted octanol–water partition coefficient (Wildman–Crippen LogP) is 0.886. The smallest absolute Gasteiger partial charge is 0.0659 e. The van der Waals surface area contributed by atoms with Crippen LogP contribution >= 0.6 is 0 Å². The maximum Gasteiger partial charge on any atom is 0.0659 e. The highest BCUT2D eigenvalue weighted by Crippen LogP contribution is 2.32. The second kappa shape index (κ2) is 2.89. The summed E-state index contributed by atoms with van der Waals surface area (Å²) in [7, 11) is 0. The van der Waals surface area contributed by atoms with Crippen LogP contribution in [0.2, 0.25) is 0 Å². The van der Waals surface area contributed by atoms with Crippen molar-refractivity contribution in [1.82, 2.24) is 0 Å². The van der Waals surface area contributed by atoms with Crippen LogP contribution in [-0.2, 0) is 0 Å². The van der Waals surface area contributed by atoms with Gasteiger partial charge in [-0.05, 0) is 32.2 Å². The van der Waals surface area contributed by atoms with Gasteiger partial charge in [0.15, 0.2) is 0 Å². The largest absolute Gasteiger partial charge is 0.390 e. The molecule has 2 nitrogen and oxygen atoms in total. The Hall–Kier alpha value is -0.0800. The molecule has 0 aromatic heterocycles. The van der Waals surface area contributed by atoms with E-state index in [1.54, 1.807) is 0 Å². The molecular weight excluding hydrogens is 126 g/mol. The standard InChI is InChI=1S/C8H17NO/c1-8(10)5-3-2-4-7(8)6-9/h7,10H,2-6,9H2,1H3/t7-,8-/m1/s1. The summed E-state index contributed by atoms with van der Waals surface area (Å²) in [4.78, 5) is 0. The van der Waals surface area contributed by atoms with Crippen LogP contribution in [0.4, 0.5) is 0 Å². The predicted molar refractivity (Wildman–Crippen MR) is 41.6 cm³/mol. The van der Waals surface area contributed by atoms with Gasteiger partial charge in [-0.15, -0.1) is 0 Å². The summed E-state index contributed by atoms with van der Waals surface area (Å²) in [5.41, 5.74) is 5.04. The molecule has 1 aliphatic rings. The Balaban J connectivity index is 2.51. The van der Waals surface area contributed by atoms with Crippen molar-refractivity contribution < 1.29 is 5.11 Å². The van der Waals surface area contributed by atoms with Crippen molar-refractivity contribution in [3.8, 4) is 0 Å². The first-order valence-electron chi connectivity index (χ1n) is 4.09. The lowest BCUT2D eigenvalue weighted by molar-refractivity contribution is -0.0277.